The number of anilines is 1. The van der Waals surface area contributed by atoms with Gasteiger partial charge in [0.05, 0.1) is 12.2 Å². The molecule has 0 spiro atoms. The molecule has 2 aromatic rings. The maximum Gasteiger partial charge on any atom is 0.319 e. The van der Waals surface area contributed by atoms with Gasteiger partial charge in [0, 0.05) is 5.02 Å². The highest BCUT2D eigenvalue weighted by Gasteiger charge is 2.06. The summed E-state index contributed by atoms with van der Waals surface area (Å²) in [6.07, 6.45) is 0. The van der Waals surface area contributed by atoms with Crippen molar-refractivity contribution in [3.63, 3.8) is 0 Å². The third kappa shape index (κ3) is 4.86. The second-order valence-electron chi connectivity index (χ2n) is 5.08. The molecule has 0 heterocycles. The first-order valence-electron chi connectivity index (χ1n) is 7.16. The van der Waals surface area contributed by atoms with Crippen LogP contribution in [0.3, 0.4) is 0 Å². The van der Waals surface area contributed by atoms with E-state index in [1.807, 2.05) is 26.0 Å². The van der Waals surface area contributed by atoms with E-state index in [9.17, 15) is 9.18 Å². The number of nitrogens with one attached hydrogen (secondary N) is 2. The van der Waals surface area contributed by atoms with Crippen molar-refractivity contribution >= 4 is 23.3 Å². The van der Waals surface area contributed by atoms with Crippen molar-refractivity contribution in [3.05, 3.63) is 58.4 Å². The van der Waals surface area contributed by atoms with Gasteiger partial charge >= 0.3 is 6.03 Å². The zero-order valence-corrected chi connectivity index (χ0v) is 13.7. The summed E-state index contributed by atoms with van der Waals surface area (Å²) in [4.78, 5) is 11.7. The summed E-state index contributed by atoms with van der Waals surface area (Å²) in [5, 5.41) is 5.76. The Bertz CT molecular complexity index is 684. The Labute approximate surface area is 139 Å². The second-order valence-corrected chi connectivity index (χ2v) is 5.46. The van der Waals surface area contributed by atoms with Gasteiger partial charge in [-0.2, -0.15) is 0 Å². The Balaban J connectivity index is 1.77. The van der Waals surface area contributed by atoms with Crippen molar-refractivity contribution in [1.29, 1.82) is 0 Å². The maximum atomic E-state index is 13.4. The van der Waals surface area contributed by atoms with E-state index in [1.165, 1.54) is 12.1 Å². The number of hydrogen-bond donors (Lipinski definition) is 2. The maximum absolute atomic E-state index is 13.4. The van der Waals surface area contributed by atoms with Crippen LogP contribution in [0.25, 0.3) is 0 Å². The molecular weight excluding hydrogens is 319 g/mol. The van der Waals surface area contributed by atoms with Crippen LogP contribution in [-0.2, 0) is 0 Å². The quantitative estimate of drug-likeness (QED) is 0.800. The molecule has 122 valence electrons. The predicted octanol–water partition coefficient (Wildman–Crippen LogP) is 4.30. The number of hydrogen-bond acceptors (Lipinski definition) is 2. The van der Waals surface area contributed by atoms with E-state index in [4.69, 9.17) is 16.3 Å². The number of ether oxygens (including phenoxy) is 1. The zero-order valence-electron chi connectivity index (χ0n) is 13.0. The summed E-state index contributed by atoms with van der Waals surface area (Å²) in [5.74, 6) is 0.215. The molecule has 4 nitrogen and oxygen atoms in total. The van der Waals surface area contributed by atoms with Gasteiger partial charge in [-0.15, -0.1) is 0 Å². The standard InChI is InChI=1S/C17H18ClFN2O2/c1-11-9-13(10-12(2)16(11)18)23-8-7-20-17(22)21-15-6-4-3-5-14(15)19/h3-6,9-10H,7-8H2,1-2H3,(H2,20,21,22). The average molecular weight is 337 g/mol. The molecule has 2 aromatic carbocycles. The van der Waals surface area contributed by atoms with Crippen molar-refractivity contribution < 1.29 is 13.9 Å². The topological polar surface area (TPSA) is 50.4 Å². The number of carbonyl (C=O) groups is 1. The van der Waals surface area contributed by atoms with Gasteiger partial charge < -0.3 is 15.4 Å². The molecule has 0 fully saturated rings. The summed E-state index contributed by atoms with van der Waals surface area (Å²) in [6, 6.07) is 9.18. The Morgan fingerprint density at radius 3 is 2.52 bits per heavy atom. The fourth-order valence-corrected chi connectivity index (χ4v) is 2.16. The van der Waals surface area contributed by atoms with E-state index < -0.39 is 11.8 Å². The van der Waals surface area contributed by atoms with Gasteiger partial charge in [0.15, 0.2) is 0 Å². The predicted molar refractivity (Wildman–Crippen MR) is 89.8 cm³/mol. The molecular formula is C17H18ClFN2O2. The zero-order chi connectivity index (χ0) is 16.8. The third-order valence-electron chi connectivity index (χ3n) is 3.19. The number of rotatable bonds is 5. The van der Waals surface area contributed by atoms with Crippen LogP contribution in [-0.4, -0.2) is 19.2 Å². The minimum absolute atomic E-state index is 0.134. The Hall–Kier alpha value is -2.27. The molecule has 2 amide bonds. The number of para-hydroxylation sites is 1. The summed E-state index contributed by atoms with van der Waals surface area (Å²) >= 11 is 6.09. The van der Waals surface area contributed by atoms with Gasteiger partial charge in [-0.05, 0) is 49.2 Å². The SMILES string of the molecule is Cc1cc(OCCNC(=O)Nc2ccccc2F)cc(C)c1Cl. The van der Waals surface area contributed by atoms with Crippen molar-refractivity contribution in [2.24, 2.45) is 0 Å². The van der Waals surface area contributed by atoms with Crippen LogP contribution in [0.1, 0.15) is 11.1 Å². The fourth-order valence-electron chi connectivity index (χ4n) is 2.05. The van der Waals surface area contributed by atoms with E-state index in [0.717, 1.165) is 16.1 Å². The minimum Gasteiger partial charge on any atom is -0.492 e. The number of amides is 2. The van der Waals surface area contributed by atoms with Gasteiger partial charge in [-0.1, -0.05) is 23.7 Å². The first-order valence-corrected chi connectivity index (χ1v) is 7.54. The van der Waals surface area contributed by atoms with Crippen LogP contribution in [0.4, 0.5) is 14.9 Å². The normalized spacial score (nSPS) is 10.3. The smallest absolute Gasteiger partial charge is 0.319 e. The van der Waals surface area contributed by atoms with Crippen LogP contribution in [0.15, 0.2) is 36.4 Å². The molecule has 0 aliphatic carbocycles. The highest BCUT2D eigenvalue weighted by atomic mass is 35.5. The van der Waals surface area contributed by atoms with Crippen molar-refractivity contribution in [2.75, 3.05) is 18.5 Å². The number of halogens is 2. The minimum atomic E-state index is -0.484. The lowest BCUT2D eigenvalue weighted by molar-refractivity contribution is 0.247. The van der Waals surface area contributed by atoms with Gasteiger partial charge in [-0.3, -0.25) is 0 Å². The fraction of sp³-hybridized carbons (Fsp3) is 0.235. The van der Waals surface area contributed by atoms with Gasteiger partial charge in [0.1, 0.15) is 18.2 Å². The summed E-state index contributed by atoms with van der Waals surface area (Å²) < 4.78 is 19.0. The van der Waals surface area contributed by atoms with Crippen molar-refractivity contribution in [3.8, 4) is 5.75 Å². The van der Waals surface area contributed by atoms with Crippen LogP contribution < -0.4 is 15.4 Å². The number of aryl methyl sites for hydroxylation is 2. The molecule has 2 N–H and O–H groups in total. The lowest BCUT2D eigenvalue weighted by Gasteiger charge is -2.11. The average Bonchev–Trinajstić information content (AvgIpc) is 2.51. The number of urea groups is 1. The molecule has 0 aliphatic rings. The molecule has 0 saturated heterocycles. The summed E-state index contributed by atoms with van der Waals surface area (Å²) in [7, 11) is 0. The van der Waals surface area contributed by atoms with Crippen LogP contribution in [0, 0.1) is 19.7 Å². The van der Waals surface area contributed by atoms with E-state index in [0.29, 0.717) is 18.9 Å². The van der Waals surface area contributed by atoms with Crippen molar-refractivity contribution in [2.45, 2.75) is 13.8 Å². The number of benzene rings is 2. The van der Waals surface area contributed by atoms with Gasteiger partial charge in [0.2, 0.25) is 0 Å². The van der Waals surface area contributed by atoms with E-state index in [2.05, 4.69) is 10.6 Å². The molecule has 2 rings (SSSR count). The molecule has 0 aliphatic heterocycles. The van der Waals surface area contributed by atoms with Gasteiger partial charge in [-0.25, -0.2) is 9.18 Å². The Morgan fingerprint density at radius 1 is 1.22 bits per heavy atom. The third-order valence-corrected chi connectivity index (χ3v) is 3.78. The van der Waals surface area contributed by atoms with Crippen LogP contribution in [0.2, 0.25) is 5.02 Å². The number of carbonyl (C=O) groups excluding carboxylic acids is 1. The first-order chi connectivity index (χ1) is 11.0. The molecule has 0 atom stereocenters. The highest BCUT2D eigenvalue weighted by molar-refractivity contribution is 6.32. The molecule has 0 radical (unpaired) electrons. The summed E-state index contributed by atoms with van der Waals surface area (Å²) in [5.41, 5.74) is 2.01. The summed E-state index contributed by atoms with van der Waals surface area (Å²) in [6.45, 7) is 4.40. The molecule has 23 heavy (non-hydrogen) atoms. The van der Waals surface area contributed by atoms with Crippen molar-refractivity contribution in [1.82, 2.24) is 5.32 Å². The largest absolute Gasteiger partial charge is 0.492 e. The Kier molecular flexibility index (Phi) is 5.82. The molecule has 0 aromatic heterocycles. The highest BCUT2D eigenvalue weighted by Crippen LogP contribution is 2.25. The molecule has 0 bridgehead atoms. The molecule has 0 saturated carbocycles. The van der Waals surface area contributed by atoms with Crippen LogP contribution in [0.5, 0.6) is 5.75 Å². The Morgan fingerprint density at radius 2 is 1.87 bits per heavy atom. The molecule has 0 unspecified atom stereocenters. The van der Waals surface area contributed by atoms with E-state index in [1.54, 1.807) is 12.1 Å². The van der Waals surface area contributed by atoms with E-state index in [-0.39, 0.29) is 5.69 Å². The molecule has 6 heteroatoms. The lowest BCUT2D eigenvalue weighted by atomic mass is 10.1. The second kappa shape index (κ2) is 7.83. The van der Waals surface area contributed by atoms with Gasteiger partial charge in [0.25, 0.3) is 0 Å². The lowest BCUT2D eigenvalue weighted by Crippen LogP contribution is -2.32. The monoisotopic (exact) mass is 336 g/mol. The van der Waals surface area contributed by atoms with Crippen LogP contribution >= 0.6 is 11.6 Å². The first kappa shape index (κ1) is 17.1. The van der Waals surface area contributed by atoms with E-state index >= 15 is 0 Å².